The minimum atomic E-state index is 0.697. The summed E-state index contributed by atoms with van der Waals surface area (Å²) in [6, 6.07) is 81.5. The van der Waals surface area contributed by atoms with Crippen LogP contribution in [0.2, 0.25) is 0 Å². The summed E-state index contributed by atoms with van der Waals surface area (Å²) < 4.78 is 2.45. The third-order valence-corrected chi connectivity index (χ3v) is 12.2. The zero-order valence-corrected chi connectivity index (χ0v) is 34.2. The van der Waals surface area contributed by atoms with Crippen LogP contribution in [0.25, 0.3) is 117 Å². The zero-order chi connectivity index (χ0) is 41.7. The lowest BCUT2D eigenvalue weighted by atomic mass is 9.95. The van der Waals surface area contributed by atoms with Gasteiger partial charge >= 0.3 is 0 Å². The van der Waals surface area contributed by atoms with E-state index in [4.69, 9.17) is 15.0 Å². The van der Waals surface area contributed by atoms with Gasteiger partial charge in [0.05, 0.1) is 33.6 Å². The van der Waals surface area contributed by atoms with E-state index in [2.05, 4.69) is 211 Å². The Morgan fingerprint density at radius 3 is 1.51 bits per heavy atom. The summed E-state index contributed by atoms with van der Waals surface area (Å²) >= 11 is 0. The molecular weight excluding hydrogens is 765 g/mol. The van der Waals surface area contributed by atoms with Gasteiger partial charge in [0.15, 0.2) is 5.82 Å². The standard InChI is InChI=1S/C59H38N4/c1-5-16-39(17-6-1)40-28-32-42(33-29-40)52-38-53(62-59(61-52)45-20-9-3-10-21-45)43-34-30-41(31-35-43)47-25-15-27-54-55(47)50-37-36-49-56(58(50)63(54)46-22-11-4-12-23-46)48-24-13-14-26-51(48)60-57(49)44-18-7-2-8-19-44/h1-38H. The van der Waals surface area contributed by atoms with Crippen LogP contribution in [0.15, 0.2) is 231 Å². The number of nitrogens with zero attached hydrogens (tertiary/aromatic N) is 4. The van der Waals surface area contributed by atoms with Crippen molar-refractivity contribution in [3.05, 3.63) is 231 Å². The molecule has 0 radical (unpaired) electrons. The lowest BCUT2D eigenvalue weighted by Gasteiger charge is -2.14. The third kappa shape index (κ3) is 6.36. The highest BCUT2D eigenvalue weighted by molar-refractivity contribution is 6.28. The van der Waals surface area contributed by atoms with Crippen molar-refractivity contribution in [3.63, 3.8) is 0 Å². The molecule has 0 spiro atoms. The first-order chi connectivity index (χ1) is 31.2. The van der Waals surface area contributed by atoms with Crippen LogP contribution in [-0.2, 0) is 0 Å². The van der Waals surface area contributed by atoms with Crippen LogP contribution in [-0.4, -0.2) is 19.5 Å². The van der Waals surface area contributed by atoms with Gasteiger partial charge in [-0.3, -0.25) is 0 Å². The van der Waals surface area contributed by atoms with Crippen LogP contribution in [0, 0.1) is 0 Å². The summed E-state index contributed by atoms with van der Waals surface area (Å²) in [4.78, 5) is 15.5. The Bertz CT molecular complexity index is 3620. The Morgan fingerprint density at radius 2 is 0.841 bits per heavy atom. The number of benzene rings is 9. The first-order valence-electron chi connectivity index (χ1n) is 21.4. The lowest BCUT2D eigenvalue weighted by Crippen LogP contribution is -1.96. The number of pyridine rings is 1. The quantitative estimate of drug-likeness (QED) is 0.151. The molecule has 3 heterocycles. The SMILES string of the molecule is c1ccc(-c2ccc(-c3cc(-c4ccc(-c5cccc6c5c5ccc7c(-c8ccccc8)nc8ccccc8c7c5n6-c5ccccc5)cc4)nc(-c4ccccc4)n3)cc2)cc1. The van der Waals surface area contributed by atoms with Crippen LogP contribution >= 0.6 is 0 Å². The average Bonchev–Trinajstić information content (AvgIpc) is 3.72. The van der Waals surface area contributed by atoms with Gasteiger partial charge in [-0.2, -0.15) is 0 Å². The molecule has 0 atom stereocenters. The van der Waals surface area contributed by atoms with Gasteiger partial charge in [0.2, 0.25) is 0 Å². The Hall–Kier alpha value is -8.47. The molecular formula is C59H38N4. The fourth-order valence-electron chi connectivity index (χ4n) is 9.23. The van der Waals surface area contributed by atoms with E-state index in [0.717, 1.165) is 72.4 Å². The molecule has 0 bridgehead atoms. The van der Waals surface area contributed by atoms with Crippen molar-refractivity contribution in [2.24, 2.45) is 0 Å². The number of hydrogen-bond acceptors (Lipinski definition) is 3. The van der Waals surface area contributed by atoms with E-state index in [1.165, 1.54) is 38.4 Å². The van der Waals surface area contributed by atoms with Crippen LogP contribution in [0.1, 0.15) is 0 Å². The third-order valence-electron chi connectivity index (χ3n) is 12.2. The fourth-order valence-corrected chi connectivity index (χ4v) is 9.23. The van der Waals surface area contributed by atoms with Crippen LogP contribution < -0.4 is 0 Å². The van der Waals surface area contributed by atoms with Crippen molar-refractivity contribution in [1.29, 1.82) is 0 Å². The molecule has 0 aliphatic rings. The monoisotopic (exact) mass is 802 g/mol. The molecule has 0 amide bonds. The van der Waals surface area contributed by atoms with Crippen LogP contribution in [0.5, 0.6) is 0 Å². The van der Waals surface area contributed by atoms with Gasteiger partial charge in [0.25, 0.3) is 0 Å². The molecule has 9 aromatic carbocycles. The molecule has 0 unspecified atom stereocenters. The summed E-state index contributed by atoms with van der Waals surface area (Å²) in [7, 11) is 0. The maximum atomic E-state index is 5.28. The average molecular weight is 803 g/mol. The molecule has 0 saturated carbocycles. The number of rotatable bonds is 7. The van der Waals surface area contributed by atoms with E-state index in [-0.39, 0.29) is 0 Å². The summed E-state index contributed by atoms with van der Waals surface area (Å²) in [5.74, 6) is 0.697. The molecule has 0 aliphatic carbocycles. The topological polar surface area (TPSA) is 43.6 Å². The minimum absolute atomic E-state index is 0.697. The van der Waals surface area contributed by atoms with E-state index in [1.54, 1.807) is 0 Å². The Balaban J connectivity index is 1.03. The van der Waals surface area contributed by atoms with Gasteiger partial charge in [0.1, 0.15) is 0 Å². The summed E-state index contributed by atoms with van der Waals surface area (Å²) in [6.45, 7) is 0. The number of para-hydroxylation sites is 2. The van der Waals surface area contributed by atoms with Crippen molar-refractivity contribution >= 4 is 43.5 Å². The molecule has 0 aliphatic heterocycles. The van der Waals surface area contributed by atoms with Crippen molar-refractivity contribution in [1.82, 2.24) is 19.5 Å². The lowest BCUT2D eigenvalue weighted by molar-refractivity contribution is 1.18. The largest absolute Gasteiger partial charge is 0.309 e. The molecule has 12 rings (SSSR count). The van der Waals surface area contributed by atoms with Crippen molar-refractivity contribution in [2.45, 2.75) is 0 Å². The highest BCUT2D eigenvalue weighted by Gasteiger charge is 2.22. The number of fused-ring (bicyclic) bond motifs is 7. The van der Waals surface area contributed by atoms with Gasteiger partial charge in [-0.1, -0.05) is 200 Å². The Morgan fingerprint density at radius 1 is 0.317 bits per heavy atom. The minimum Gasteiger partial charge on any atom is -0.309 e. The summed E-state index contributed by atoms with van der Waals surface area (Å²) in [5, 5.41) is 5.87. The fraction of sp³-hybridized carbons (Fsp3) is 0. The smallest absolute Gasteiger partial charge is 0.160 e. The summed E-state index contributed by atoms with van der Waals surface area (Å²) in [6.07, 6.45) is 0. The maximum absolute atomic E-state index is 5.28. The van der Waals surface area contributed by atoms with Crippen LogP contribution in [0.3, 0.4) is 0 Å². The number of aromatic nitrogens is 4. The molecule has 0 fully saturated rings. The van der Waals surface area contributed by atoms with Gasteiger partial charge in [-0.25, -0.2) is 15.0 Å². The van der Waals surface area contributed by atoms with E-state index >= 15 is 0 Å². The first-order valence-corrected chi connectivity index (χ1v) is 21.4. The van der Waals surface area contributed by atoms with Gasteiger partial charge < -0.3 is 4.57 Å². The second kappa shape index (κ2) is 15.2. The van der Waals surface area contributed by atoms with E-state index in [1.807, 2.05) is 24.3 Å². The Labute approximate surface area is 365 Å². The van der Waals surface area contributed by atoms with Crippen LogP contribution in [0.4, 0.5) is 0 Å². The summed E-state index contributed by atoms with van der Waals surface area (Å²) in [5.41, 5.74) is 16.0. The molecule has 4 nitrogen and oxygen atoms in total. The zero-order valence-electron chi connectivity index (χ0n) is 34.2. The van der Waals surface area contributed by atoms with Gasteiger partial charge in [0, 0.05) is 54.9 Å². The van der Waals surface area contributed by atoms with Crippen molar-refractivity contribution in [2.75, 3.05) is 0 Å². The van der Waals surface area contributed by atoms with Gasteiger partial charge in [-0.05, 0) is 52.6 Å². The Kier molecular flexibility index (Phi) is 8.79. The second-order valence-electron chi connectivity index (χ2n) is 15.9. The highest BCUT2D eigenvalue weighted by Crippen LogP contribution is 2.45. The van der Waals surface area contributed by atoms with E-state index in [0.29, 0.717) is 5.82 Å². The molecule has 12 aromatic rings. The molecule has 4 heteroatoms. The van der Waals surface area contributed by atoms with Crippen molar-refractivity contribution in [3.8, 4) is 73.1 Å². The van der Waals surface area contributed by atoms with E-state index < -0.39 is 0 Å². The predicted octanol–water partition coefficient (Wildman–Crippen LogP) is 15.3. The van der Waals surface area contributed by atoms with Gasteiger partial charge in [-0.15, -0.1) is 0 Å². The normalized spacial score (nSPS) is 11.5. The van der Waals surface area contributed by atoms with Crippen molar-refractivity contribution < 1.29 is 0 Å². The molecule has 0 saturated heterocycles. The maximum Gasteiger partial charge on any atom is 0.160 e. The molecule has 3 aromatic heterocycles. The predicted molar refractivity (Wildman–Crippen MR) is 262 cm³/mol. The second-order valence-corrected chi connectivity index (χ2v) is 15.9. The first kappa shape index (κ1) is 36.4. The highest BCUT2D eigenvalue weighted by atomic mass is 15.0. The molecule has 0 N–H and O–H groups in total. The number of hydrogen-bond donors (Lipinski definition) is 0. The van der Waals surface area contributed by atoms with E-state index in [9.17, 15) is 0 Å². The molecule has 63 heavy (non-hydrogen) atoms. The molecule has 294 valence electrons.